The number of hydrogen-bond donors (Lipinski definition) is 0. The molecule has 218 valence electrons. The number of hydrogen-bond acceptors (Lipinski definition) is 1. The molecule has 0 N–H and O–H groups in total. The second kappa shape index (κ2) is 10.2. The van der Waals surface area contributed by atoms with Crippen LogP contribution in [0.15, 0.2) is 174 Å². The molecule has 1 heterocycles. The van der Waals surface area contributed by atoms with Crippen LogP contribution in [0.2, 0.25) is 0 Å². The fraction of sp³-hybridized carbons (Fsp3) is 0. The molecular formula is C46H28O. The molecule has 0 unspecified atom stereocenters. The van der Waals surface area contributed by atoms with Crippen LogP contribution in [0.5, 0.6) is 0 Å². The molecule has 1 aromatic heterocycles. The third kappa shape index (κ3) is 3.90. The molecule has 0 spiro atoms. The van der Waals surface area contributed by atoms with Gasteiger partial charge in [0.25, 0.3) is 0 Å². The van der Waals surface area contributed by atoms with E-state index in [9.17, 15) is 5.48 Å². The van der Waals surface area contributed by atoms with E-state index in [0.29, 0.717) is 33.2 Å². The van der Waals surface area contributed by atoms with Crippen LogP contribution >= 0.6 is 0 Å². The Morgan fingerprint density at radius 2 is 1.02 bits per heavy atom. The van der Waals surface area contributed by atoms with E-state index in [1.54, 1.807) is 0 Å². The van der Waals surface area contributed by atoms with Gasteiger partial charge < -0.3 is 4.42 Å². The summed E-state index contributed by atoms with van der Waals surface area (Å²) in [6, 6.07) is 36.0. The highest BCUT2D eigenvalue weighted by Gasteiger charge is 2.22. The van der Waals surface area contributed by atoms with Gasteiger partial charge in [-0.25, -0.2) is 0 Å². The molecule has 0 atom stereocenters. The zero-order valence-electron chi connectivity index (χ0n) is 33.0. The Morgan fingerprint density at radius 1 is 0.404 bits per heavy atom. The molecule has 0 saturated heterocycles. The monoisotopic (exact) mass is 604 g/mol. The lowest BCUT2D eigenvalue weighted by molar-refractivity contribution is 0.673. The van der Waals surface area contributed by atoms with E-state index in [2.05, 4.69) is 6.07 Å². The normalized spacial score (nSPS) is 14.2. The summed E-state index contributed by atoms with van der Waals surface area (Å²) in [5.41, 5.74) is 4.70. The smallest absolute Gasteiger partial charge is 0.143 e. The van der Waals surface area contributed by atoms with Crippen LogP contribution < -0.4 is 0 Å². The molecule has 0 amide bonds. The van der Waals surface area contributed by atoms with Gasteiger partial charge in [0.15, 0.2) is 0 Å². The van der Waals surface area contributed by atoms with Gasteiger partial charge in [-0.15, -0.1) is 0 Å². The minimum Gasteiger partial charge on any atom is -0.455 e. The van der Waals surface area contributed by atoms with E-state index >= 15 is 0 Å². The fourth-order valence-electron chi connectivity index (χ4n) is 7.24. The van der Waals surface area contributed by atoms with Crippen molar-refractivity contribution in [2.45, 2.75) is 0 Å². The van der Waals surface area contributed by atoms with E-state index in [0.717, 1.165) is 38.1 Å². The van der Waals surface area contributed by atoms with Crippen LogP contribution in [-0.4, -0.2) is 0 Å². The molecule has 1 heteroatoms. The molecule has 9 aromatic carbocycles. The molecule has 0 saturated carbocycles. The largest absolute Gasteiger partial charge is 0.455 e. The molecule has 0 fully saturated rings. The van der Waals surface area contributed by atoms with Gasteiger partial charge in [0.2, 0.25) is 0 Å². The minimum absolute atomic E-state index is 0.162. The summed E-state index contributed by atoms with van der Waals surface area (Å²) in [5.74, 6) is 0. The summed E-state index contributed by atoms with van der Waals surface area (Å²) in [6.07, 6.45) is 0. The molecule has 1 nitrogen and oxygen atoms in total. The minimum atomic E-state index is -0.442. The highest BCUT2D eigenvalue weighted by atomic mass is 16.3. The molecule has 0 aliphatic rings. The Morgan fingerprint density at radius 3 is 1.74 bits per heavy atom. The predicted molar refractivity (Wildman–Crippen MR) is 200 cm³/mol. The van der Waals surface area contributed by atoms with Crippen molar-refractivity contribution in [2.75, 3.05) is 0 Å². The van der Waals surface area contributed by atoms with Crippen LogP contribution in [0, 0.1) is 0 Å². The van der Waals surface area contributed by atoms with Crippen molar-refractivity contribution >= 4 is 65.0 Å². The summed E-state index contributed by atoms with van der Waals surface area (Å²) in [4.78, 5) is 0. The first-order valence-corrected chi connectivity index (χ1v) is 15.5. The summed E-state index contributed by atoms with van der Waals surface area (Å²) in [7, 11) is 0. The lowest BCUT2D eigenvalue weighted by Crippen LogP contribution is -1.93. The Bertz CT molecular complexity index is 3220. The zero-order chi connectivity index (χ0) is 37.9. The number of benzene rings is 9. The Kier molecular flexibility index (Phi) is 4.19. The maximum absolute atomic E-state index is 9.55. The zero-order valence-corrected chi connectivity index (χ0v) is 25.0. The van der Waals surface area contributed by atoms with Crippen LogP contribution in [0.3, 0.4) is 0 Å². The van der Waals surface area contributed by atoms with Gasteiger partial charge in [-0.2, -0.15) is 0 Å². The van der Waals surface area contributed by atoms with Crippen molar-refractivity contribution in [2.24, 2.45) is 0 Å². The summed E-state index contributed by atoms with van der Waals surface area (Å²) in [6.45, 7) is 0. The van der Waals surface area contributed by atoms with Crippen molar-refractivity contribution < 1.29 is 15.4 Å². The lowest BCUT2D eigenvalue weighted by atomic mass is 9.83. The van der Waals surface area contributed by atoms with Crippen LogP contribution in [0.1, 0.15) is 11.0 Å². The van der Waals surface area contributed by atoms with Crippen LogP contribution in [0.25, 0.3) is 98.4 Å². The average molecular weight is 605 g/mol. The molecular weight excluding hydrogens is 569 g/mol. The average Bonchev–Trinajstić information content (AvgIpc) is 3.62. The first-order chi connectivity index (χ1) is 26.7. The maximum atomic E-state index is 9.55. The molecule has 10 aromatic rings. The quantitative estimate of drug-likeness (QED) is 0.183. The molecule has 0 aliphatic carbocycles. The van der Waals surface area contributed by atoms with Crippen molar-refractivity contribution in [1.29, 1.82) is 0 Å². The Labute approximate surface area is 283 Å². The molecule has 47 heavy (non-hydrogen) atoms. The third-order valence-electron chi connectivity index (χ3n) is 9.27. The van der Waals surface area contributed by atoms with Crippen molar-refractivity contribution in [3.8, 4) is 33.4 Å². The number of rotatable bonds is 3. The van der Waals surface area contributed by atoms with E-state index in [1.165, 1.54) is 0 Å². The Balaban J connectivity index is 1.49. The van der Waals surface area contributed by atoms with Crippen molar-refractivity contribution in [3.63, 3.8) is 0 Å². The first kappa shape index (κ1) is 19.4. The molecule has 0 radical (unpaired) electrons. The van der Waals surface area contributed by atoms with Gasteiger partial charge in [0, 0.05) is 16.2 Å². The molecule has 10 rings (SSSR count). The Hall–Kier alpha value is -6.18. The second-order valence-electron chi connectivity index (χ2n) is 11.8. The van der Waals surface area contributed by atoms with Gasteiger partial charge in [-0.05, 0) is 95.3 Å². The SMILES string of the molecule is [2H]c1c([2H])c([2H])c2c(-c3cccc4oc5c6ccccc6ccc5c34)c3c([2H])c([2H])c([2H])c([2H])c3c(-c3cc(-c4ccccc4)cc4ccccc34)c2c1[2H]. The van der Waals surface area contributed by atoms with E-state index in [-0.39, 0.29) is 51.3 Å². The topological polar surface area (TPSA) is 13.1 Å². The fourth-order valence-corrected chi connectivity index (χ4v) is 7.24. The molecule has 0 aliphatic heterocycles. The number of furan rings is 1. The second-order valence-corrected chi connectivity index (χ2v) is 11.8. The van der Waals surface area contributed by atoms with Gasteiger partial charge in [-0.1, -0.05) is 145 Å². The summed E-state index contributed by atoms with van der Waals surface area (Å²) >= 11 is 0. The van der Waals surface area contributed by atoms with Crippen LogP contribution in [-0.2, 0) is 0 Å². The molecule has 0 bridgehead atoms. The third-order valence-corrected chi connectivity index (χ3v) is 9.27. The highest BCUT2D eigenvalue weighted by Crippen LogP contribution is 2.49. The standard InChI is InChI=1S/C46H28O/c1-2-13-29(14-3-1)32-27-31-16-5-6-17-33(31)41(28-32)44-37-21-10-8-19-35(37)43(36-20-9-11-22-38(36)44)39-23-12-24-42-45(39)40-26-25-30-15-4-7-18-34(30)46(40)47-42/h1-28H/i8D,9D,10D,11D,19D,20D,21D,22D. The van der Waals surface area contributed by atoms with Gasteiger partial charge >= 0.3 is 0 Å². The maximum Gasteiger partial charge on any atom is 0.143 e. The van der Waals surface area contributed by atoms with E-state index in [1.807, 2.05) is 115 Å². The van der Waals surface area contributed by atoms with Crippen LogP contribution in [0.4, 0.5) is 0 Å². The highest BCUT2D eigenvalue weighted by molar-refractivity contribution is 6.28. The van der Waals surface area contributed by atoms with Gasteiger partial charge in [0.1, 0.15) is 11.2 Å². The summed E-state index contributed by atoms with van der Waals surface area (Å²) < 4.78 is 80.5. The number of fused-ring (bicyclic) bond motifs is 8. The lowest BCUT2D eigenvalue weighted by Gasteiger charge is -2.20. The van der Waals surface area contributed by atoms with Gasteiger partial charge in [0.05, 0.1) is 11.0 Å². The van der Waals surface area contributed by atoms with E-state index < -0.39 is 24.2 Å². The first-order valence-electron chi connectivity index (χ1n) is 19.5. The van der Waals surface area contributed by atoms with Gasteiger partial charge in [-0.3, -0.25) is 0 Å². The predicted octanol–water partition coefficient (Wildman–Crippen LogP) is 13.2. The van der Waals surface area contributed by atoms with E-state index in [4.69, 9.17) is 9.90 Å². The summed E-state index contributed by atoms with van der Waals surface area (Å²) in [5, 5.41) is 5.65. The van der Waals surface area contributed by atoms with Crippen molar-refractivity contribution in [1.82, 2.24) is 0 Å². The van der Waals surface area contributed by atoms with Crippen molar-refractivity contribution in [3.05, 3.63) is 170 Å².